The number of ether oxygens (including phenoxy) is 1. The average Bonchev–Trinajstić information content (AvgIpc) is 3.23. The predicted octanol–water partition coefficient (Wildman–Crippen LogP) is 8.26. The highest BCUT2D eigenvalue weighted by Gasteiger charge is 2.60. The maximum Gasteiger partial charge on any atom is 0.128 e. The zero-order chi connectivity index (χ0) is 24.2. The summed E-state index contributed by atoms with van der Waals surface area (Å²) in [7, 11) is 1.72. The first-order valence-electron chi connectivity index (χ1n) is 14.7. The zero-order valence-electron chi connectivity index (χ0n) is 22.6. The van der Waals surface area contributed by atoms with Crippen LogP contribution in [0.2, 0.25) is 0 Å². The van der Waals surface area contributed by atoms with Gasteiger partial charge in [0.05, 0.1) is 12.6 Å². The van der Waals surface area contributed by atoms with Crippen LogP contribution in [-0.4, -0.2) is 17.1 Å². The lowest BCUT2D eigenvalue weighted by molar-refractivity contribution is -0.114. The van der Waals surface area contributed by atoms with E-state index < -0.39 is 0 Å². The van der Waals surface area contributed by atoms with Crippen molar-refractivity contribution in [2.24, 2.45) is 46.3 Å². The third-order valence-electron chi connectivity index (χ3n) is 12.0. The fraction of sp³-hybridized carbons (Fsp3) is 0.750. The normalized spacial score (nSPS) is 39.5. The molecule has 3 nitrogen and oxygen atoms in total. The summed E-state index contributed by atoms with van der Waals surface area (Å²) in [5.74, 6) is 7.48. The number of methoxy groups -OCH3 is 1. The van der Waals surface area contributed by atoms with Crippen molar-refractivity contribution in [1.82, 2.24) is 9.97 Å². The molecule has 0 amide bonds. The van der Waals surface area contributed by atoms with Gasteiger partial charge in [0.15, 0.2) is 0 Å². The molecule has 0 N–H and O–H groups in total. The van der Waals surface area contributed by atoms with Crippen molar-refractivity contribution >= 4 is 10.9 Å². The molecule has 0 aliphatic heterocycles. The summed E-state index contributed by atoms with van der Waals surface area (Å²) in [5.41, 5.74) is 2.21. The van der Waals surface area contributed by atoms with E-state index in [0.717, 1.165) is 64.4 Å². The summed E-state index contributed by atoms with van der Waals surface area (Å²) in [6.45, 7) is 7.95. The van der Waals surface area contributed by atoms with E-state index in [9.17, 15) is 0 Å². The van der Waals surface area contributed by atoms with Crippen molar-refractivity contribution in [3.05, 3.63) is 30.2 Å². The first-order chi connectivity index (χ1) is 16.9. The average molecular weight is 475 g/mol. The van der Waals surface area contributed by atoms with Crippen LogP contribution in [-0.2, 0) is 6.42 Å². The molecule has 3 heteroatoms. The van der Waals surface area contributed by atoms with Gasteiger partial charge in [-0.15, -0.1) is 0 Å². The summed E-state index contributed by atoms with van der Waals surface area (Å²) in [6, 6.07) is 6.07. The molecule has 0 spiro atoms. The molecule has 4 saturated carbocycles. The van der Waals surface area contributed by atoms with Crippen LogP contribution in [0.15, 0.2) is 24.4 Å². The highest BCUT2D eigenvalue weighted by Crippen LogP contribution is 2.68. The van der Waals surface area contributed by atoms with Gasteiger partial charge in [0.1, 0.15) is 11.6 Å². The fourth-order valence-electron chi connectivity index (χ4n) is 10.1. The van der Waals surface area contributed by atoms with Crippen LogP contribution >= 0.6 is 0 Å². The molecule has 0 saturated heterocycles. The molecule has 8 atom stereocenters. The van der Waals surface area contributed by atoms with Crippen LogP contribution in [0.3, 0.4) is 0 Å². The number of nitrogens with zero attached hydrogens (tertiary/aromatic N) is 2. The van der Waals surface area contributed by atoms with Gasteiger partial charge >= 0.3 is 0 Å². The Bertz CT molecular complexity index is 1070. The molecule has 4 fully saturated rings. The molecule has 0 bridgehead atoms. The van der Waals surface area contributed by atoms with Gasteiger partial charge in [0.25, 0.3) is 0 Å². The van der Waals surface area contributed by atoms with E-state index in [1.54, 1.807) is 7.11 Å². The molecule has 1 heterocycles. The lowest BCUT2D eigenvalue weighted by Gasteiger charge is -2.61. The summed E-state index contributed by atoms with van der Waals surface area (Å²) in [4.78, 5) is 9.60. The van der Waals surface area contributed by atoms with Crippen molar-refractivity contribution in [2.75, 3.05) is 7.11 Å². The first kappa shape index (κ1) is 23.7. The van der Waals surface area contributed by atoms with E-state index in [4.69, 9.17) is 14.7 Å². The quantitative estimate of drug-likeness (QED) is 0.437. The number of fused-ring (bicyclic) bond motifs is 6. The van der Waals surface area contributed by atoms with Crippen LogP contribution in [0, 0.1) is 46.3 Å². The van der Waals surface area contributed by atoms with Crippen molar-refractivity contribution in [1.29, 1.82) is 0 Å². The summed E-state index contributed by atoms with van der Waals surface area (Å²) >= 11 is 0. The van der Waals surface area contributed by atoms with Gasteiger partial charge in [0, 0.05) is 24.1 Å². The molecule has 1 aromatic heterocycles. The second kappa shape index (κ2) is 9.03. The molecule has 190 valence electrons. The Hall–Kier alpha value is -1.64. The van der Waals surface area contributed by atoms with Gasteiger partial charge in [-0.1, -0.05) is 33.6 Å². The second-order valence-corrected chi connectivity index (χ2v) is 13.4. The molecule has 0 radical (unpaired) electrons. The maximum absolute atomic E-state index is 5.40. The Morgan fingerprint density at radius 3 is 2.69 bits per heavy atom. The Morgan fingerprint density at radius 1 is 0.971 bits per heavy atom. The summed E-state index contributed by atoms with van der Waals surface area (Å²) < 4.78 is 5.40. The number of aromatic nitrogens is 2. The topological polar surface area (TPSA) is 35.0 Å². The number of benzene rings is 1. The third-order valence-corrected chi connectivity index (χ3v) is 12.0. The second-order valence-electron chi connectivity index (χ2n) is 13.4. The highest BCUT2D eigenvalue weighted by atomic mass is 16.5. The molecular weight excluding hydrogens is 428 g/mol. The molecular formula is C32H46N2O. The van der Waals surface area contributed by atoms with Gasteiger partial charge < -0.3 is 4.74 Å². The van der Waals surface area contributed by atoms with E-state index in [1.165, 1.54) is 70.6 Å². The van der Waals surface area contributed by atoms with Gasteiger partial charge in [0.2, 0.25) is 0 Å². The largest absolute Gasteiger partial charge is 0.497 e. The SMILES string of the molecule is COc1ccc2cnc(CC[C@@H](C)C3CCC4C5CCC6CCCCC6(C)C5CCC43C)nc2c1. The number of aryl methyl sites for hydroxylation is 1. The summed E-state index contributed by atoms with van der Waals surface area (Å²) in [5, 5.41) is 1.09. The monoisotopic (exact) mass is 474 g/mol. The predicted molar refractivity (Wildman–Crippen MR) is 143 cm³/mol. The van der Waals surface area contributed by atoms with Gasteiger partial charge in [-0.2, -0.15) is 0 Å². The minimum absolute atomic E-state index is 0.552. The number of hydrogen-bond acceptors (Lipinski definition) is 3. The molecule has 4 aliphatic carbocycles. The lowest BCUT2D eigenvalue weighted by Crippen LogP contribution is -2.53. The zero-order valence-corrected chi connectivity index (χ0v) is 22.6. The number of hydrogen-bond donors (Lipinski definition) is 0. The van der Waals surface area contributed by atoms with Gasteiger partial charge in [-0.05, 0) is 116 Å². The van der Waals surface area contributed by atoms with Crippen molar-refractivity contribution in [3.63, 3.8) is 0 Å². The van der Waals surface area contributed by atoms with E-state index in [0.29, 0.717) is 10.8 Å². The molecule has 4 aliphatic rings. The Balaban J connectivity index is 1.14. The molecule has 7 unspecified atom stereocenters. The fourth-order valence-corrected chi connectivity index (χ4v) is 10.1. The standard InChI is InChI=1S/C32H46N2O/c1-21(8-15-30-33-20-22-9-11-24(35-4)19-29(22)34-30)26-13-14-27-25-12-10-23-7-5-6-17-31(23,2)28(25)16-18-32(26,27)3/h9,11,19-21,23,25-28H,5-8,10,12-18H2,1-4H3/t21-,23?,25?,26?,27?,28?,31?,32?/m1/s1. The van der Waals surface area contributed by atoms with Crippen molar-refractivity contribution < 1.29 is 4.74 Å². The molecule has 2 aromatic rings. The number of rotatable bonds is 5. The first-order valence-corrected chi connectivity index (χ1v) is 14.7. The van der Waals surface area contributed by atoms with Crippen LogP contribution in [0.4, 0.5) is 0 Å². The van der Waals surface area contributed by atoms with E-state index in [-0.39, 0.29) is 0 Å². The third kappa shape index (κ3) is 3.91. The molecule has 35 heavy (non-hydrogen) atoms. The maximum atomic E-state index is 5.40. The van der Waals surface area contributed by atoms with Crippen LogP contribution in [0.5, 0.6) is 5.75 Å². The van der Waals surface area contributed by atoms with Crippen LogP contribution in [0.1, 0.15) is 97.2 Å². The van der Waals surface area contributed by atoms with Crippen molar-refractivity contribution in [3.8, 4) is 5.75 Å². The van der Waals surface area contributed by atoms with Crippen LogP contribution in [0.25, 0.3) is 10.9 Å². The van der Waals surface area contributed by atoms with Crippen molar-refractivity contribution in [2.45, 2.75) is 97.8 Å². The highest BCUT2D eigenvalue weighted by molar-refractivity contribution is 5.79. The van der Waals surface area contributed by atoms with E-state index in [2.05, 4.69) is 26.8 Å². The Labute approximate surface area is 212 Å². The lowest BCUT2D eigenvalue weighted by atomic mass is 9.44. The van der Waals surface area contributed by atoms with Crippen LogP contribution < -0.4 is 4.74 Å². The smallest absolute Gasteiger partial charge is 0.128 e. The Morgan fingerprint density at radius 2 is 1.83 bits per heavy atom. The van der Waals surface area contributed by atoms with Gasteiger partial charge in [-0.25, -0.2) is 9.97 Å². The molecule has 1 aromatic carbocycles. The Kier molecular flexibility index (Phi) is 6.13. The summed E-state index contributed by atoms with van der Waals surface area (Å²) in [6.07, 6.45) is 19.1. The van der Waals surface area contributed by atoms with E-state index >= 15 is 0 Å². The van der Waals surface area contributed by atoms with E-state index in [1.807, 2.05) is 18.3 Å². The minimum Gasteiger partial charge on any atom is -0.497 e. The molecule has 6 rings (SSSR count). The minimum atomic E-state index is 0.552. The van der Waals surface area contributed by atoms with Gasteiger partial charge in [-0.3, -0.25) is 0 Å².